The van der Waals surface area contributed by atoms with Crippen molar-refractivity contribution in [1.29, 1.82) is 0 Å². The third-order valence-corrected chi connectivity index (χ3v) is 2.87. The van der Waals surface area contributed by atoms with Gasteiger partial charge in [-0.2, -0.15) is 0 Å². The number of hydrogen-bond donors (Lipinski definition) is 2. The fourth-order valence-corrected chi connectivity index (χ4v) is 1.86. The van der Waals surface area contributed by atoms with Gasteiger partial charge in [-0.05, 0) is 18.2 Å². The van der Waals surface area contributed by atoms with Crippen molar-refractivity contribution in [3.63, 3.8) is 0 Å². The molecular weight excluding hydrogens is 281 g/mol. The lowest BCUT2D eigenvalue weighted by atomic mass is 10.1. The number of aromatic nitrogens is 2. The fourth-order valence-electron chi connectivity index (χ4n) is 1.42. The van der Waals surface area contributed by atoms with Crippen molar-refractivity contribution in [2.75, 3.05) is 11.9 Å². The van der Waals surface area contributed by atoms with Gasteiger partial charge in [0.15, 0.2) is 0 Å². The molecule has 0 fully saturated rings. The number of aliphatic hydroxyl groups is 1. The van der Waals surface area contributed by atoms with Crippen LogP contribution in [0.2, 0.25) is 0 Å². The second-order valence-electron chi connectivity index (χ2n) is 3.66. The van der Waals surface area contributed by atoms with Gasteiger partial charge in [0.2, 0.25) is 5.13 Å². The van der Waals surface area contributed by atoms with Gasteiger partial charge in [-0.3, -0.25) is 10.1 Å². The number of rotatable bonds is 3. The summed E-state index contributed by atoms with van der Waals surface area (Å²) in [5, 5.41) is 18.8. The average molecular weight is 291 g/mol. The zero-order chi connectivity index (χ0) is 14.4. The Kier molecular flexibility index (Phi) is 4.76. The van der Waals surface area contributed by atoms with Crippen LogP contribution in [0.1, 0.15) is 22.3 Å². The van der Waals surface area contributed by atoms with E-state index in [1.807, 2.05) is 0 Å². The molecule has 1 aromatic heterocycles. The molecule has 0 aliphatic rings. The summed E-state index contributed by atoms with van der Waals surface area (Å²) in [7, 11) is 0. The van der Waals surface area contributed by atoms with E-state index in [1.165, 1.54) is 17.6 Å². The summed E-state index contributed by atoms with van der Waals surface area (Å²) in [6.07, 6.45) is 0.287. The zero-order valence-corrected chi connectivity index (χ0v) is 11.1. The second-order valence-corrected chi connectivity index (χ2v) is 4.50. The van der Waals surface area contributed by atoms with Gasteiger partial charge in [-0.1, -0.05) is 23.2 Å². The molecule has 5 nitrogen and oxygen atoms in total. The number of halogens is 1. The van der Waals surface area contributed by atoms with E-state index in [9.17, 15) is 9.18 Å². The van der Waals surface area contributed by atoms with Crippen LogP contribution in [0, 0.1) is 17.7 Å². The molecule has 2 aromatic rings. The van der Waals surface area contributed by atoms with E-state index in [0.717, 1.165) is 17.4 Å². The van der Waals surface area contributed by atoms with Crippen molar-refractivity contribution in [1.82, 2.24) is 10.2 Å². The monoisotopic (exact) mass is 291 g/mol. The van der Waals surface area contributed by atoms with Crippen LogP contribution in [-0.2, 0) is 0 Å². The van der Waals surface area contributed by atoms with Gasteiger partial charge >= 0.3 is 0 Å². The lowest BCUT2D eigenvalue weighted by Gasteiger charge is -2.04. The van der Waals surface area contributed by atoms with Crippen LogP contribution in [-0.4, -0.2) is 27.8 Å². The molecule has 0 radical (unpaired) electrons. The lowest BCUT2D eigenvalue weighted by Crippen LogP contribution is -2.13. The molecule has 1 heterocycles. The third kappa shape index (κ3) is 3.60. The molecule has 2 rings (SSSR count). The number of aliphatic hydroxyl groups excluding tert-OH is 1. The molecule has 0 aliphatic heterocycles. The summed E-state index contributed by atoms with van der Waals surface area (Å²) in [5.74, 6) is 4.40. The van der Waals surface area contributed by atoms with Crippen molar-refractivity contribution in [2.24, 2.45) is 0 Å². The summed E-state index contributed by atoms with van der Waals surface area (Å²) >= 11 is 1.16. The molecular formula is C13H10FN3O2S. The van der Waals surface area contributed by atoms with Gasteiger partial charge in [0, 0.05) is 12.0 Å². The van der Waals surface area contributed by atoms with Crippen molar-refractivity contribution in [2.45, 2.75) is 6.42 Å². The van der Waals surface area contributed by atoms with Crippen LogP contribution in [0.5, 0.6) is 0 Å². The van der Waals surface area contributed by atoms with Crippen LogP contribution in [0.15, 0.2) is 23.7 Å². The molecule has 0 saturated carbocycles. The minimum atomic E-state index is -0.528. The van der Waals surface area contributed by atoms with E-state index < -0.39 is 11.7 Å². The third-order valence-electron chi connectivity index (χ3n) is 2.27. The number of hydrogen-bond acceptors (Lipinski definition) is 5. The molecule has 7 heteroatoms. The quantitative estimate of drug-likeness (QED) is 0.843. The Balaban J connectivity index is 2.27. The lowest BCUT2D eigenvalue weighted by molar-refractivity contribution is 0.102. The number of benzene rings is 1. The van der Waals surface area contributed by atoms with Gasteiger partial charge in [0.05, 0.1) is 12.2 Å². The Morgan fingerprint density at radius 2 is 2.35 bits per heavy atom. The van der Waals surface area contributed by atoms with Crippen LogP contribution < -0.4 is 5.32 Å². The summed E-state index contributed by atoms with van der Waals surface area (Å²) in [5.41, 5.74) is 1.98. The number of anilines is 1. The van der Waals surface area contributed by atoms with E-state index in [0.29, 0.717) is 10.7 Å². The Morgan fingerprint density at radius 1 is 1.50 bits per heavy atom. The van der Waals surface area contributed by atoms with E-state index in [4.69, 9.17) is 5.11 Å². The van der Waals surface area contributed by atoms with E-state index >= 15 is 0 Å². The van der Waals surface area contributed by atoms with Crippen molar-refractivity contribution in [3.8, 4) is 11.8 Å². The predicted molar refractivity (Wildman–Crippen MR) is 72.8 cm³/mol. The second kappa shape index (κ2) is 6.75. The van der Waals surface area contributed by atoms with E-state index in [2.05, 4.69) is 27.4 Å². The molecule has 1 amide bonds. The highest BCUT2D eigenvalue weighted by atomic mass is 32.1. The summed E-state index contributed by atoms with van der Waals surface area (Å²) in [6, 6.07) is 3.76. The first-order valence-corrected chi connectivity index (χ1v) is 6.55. The minimum Gasteiger partial charge on any atom is -0.395 e. The first-order chi connectivity index (χ1) is 9.70. The van der Waals surface area contributed by atoms with E-state index in [-0.39, 0.29) is 18.6 Å². The number of carbonyl (C=O) groups is 1. The maximum absolute atomic E-state index is 13.3. The molecule has 102 valence electrons. The highest BCUT2D eigenvalue weighted by molar-refractivity contribution is 7.13. The molecule has 0 aliphatic carbocycles. The van der Waals surface area contributed by atoms with Crippen molar-refractivity contribution >= 4 is 22.4 Å². The highest BCUT2D eigenvalue weighted by Gasteiger charge is 2.13. The summed E-state index contributed by atoms with van der Waals surface area (Å²) in [4.78, 5) is 12.1. The molecule has 20 heavy (non-hydrogen) atoms. The maximum Gasteiger partial charge on any atom is 0.258 e. The Morgan fingerprint density at radius 3 is 3.05 bits per heavy atom. The van der Waals surface area contributed by atoms with Gasteiger partial charge in [0.1, 0.15) is 11.3 Å². The van der Waals surface area contributed by atoms with Crippen molar-refractivity contribution in [3.05, 3.63) is 40.7 Å². The van der Waals surface area contributed by atoms with E-state index in [1.54, 1.807) is 0 Å². The molecule has 0 spiro atoms. The first kappa shape index (κ1) is 14.1. The molecule has 2 N–H and O–H groups in total. The normalized spacial score (nSPS) is 9.70. The fraction of sp³-hybridized carbons (Fsp3) is 0.154. The Labute approximate surface area is 118 Å². The van der Waals surface area contributed by atoms with Gasteiger partial charge in [-0.25, -0.2) is 4.39 Å². The minimum absolute atomic E-state index is 0.0689. The Hall–Kier alpha value is -2.30. The maximum atomic E-state index is 13.3. The standard InChI is InChI=1S/C13H10FN3O2S/c14-10-5-4-9(3-1-2-6-18)11(7-10)12(19)16-13-17-15-8-20-13/h4-5,7-8,18H,2,6H2,(H,16,17,19). The van der Waals surface area contributed by atoms with Crippen LogP contribution >= 0.6 is 11.3 Å². The Bertz CT molecular complexity index is 662. The molecule has 0 bridgehead atoms. The number of carbonyl (C=O) groups excluding carboxylic acids is 1. The molecule has 0 unspecified atom stereocenters. The van der Waals surface area contributed by atoms with Gasteiger partial charge in [0.25, 0.3) is 5.91 Å². The predicted octanol–water partition coefficient (Wildman–Crippen LogP) is 1.66. The summed E-state index contributed by atoms with van der Waals surface area (Å²) in [6.45, 7) is -0.0689. The topological polar surface area (TPSA) is 75.1 Å². The van der Waals surface area contributed by atoms with Gasteiger partial charge < -0.3 is 5.11 Å². The highest BCUT2D eigenvalue weighted by Crippen LogP contribution is 2.15. The molecule has 1 aromatic carbocycles. The molecule has 0 atom stereocenters. The SMILES string of the molecule is O=C(Nc1nncs1)c1cc(F)ccc1C#CCCO. The van der Waals surface area contributed by atoms with Crippen LogP contribution in [0.4, 0.5) is 9.52 Å². The number of nitrogens with one attached hydrogen (secondary N) is 1. The van der Waals surface area contributed by atoms with Crippen molar-refractivity contribution < 1.29 is 14.3 Å². The zero-order valence-electron chi connectivity index (χ0n) is 10.3. The molecule has 0 saturated heterocycles. The number of nitrogens with zero attached hydrogens (tertiary/aromatic N) is 2. The average Bonchev–Trinajstić information content (AvgIpc) is 2.93. The first-order valence-electron chi connectivity index (χ1n) is 5.67. The largest absolute Gasteiger partial charge is 0.395 e. The summed E-state index contributed by atoms with van der Waals surface area (Å²) < 4.78 is 13.3. The van der Waals surface area contributed by atoms with Crippen LogP contribution in [0.25, 0.3) is 0 Å². The van der Waals surface area contributed by atoms with Crippen LogP contribution in [0.3, 0.4) is 0 Å². The van der Waals surface area contributed by atoms with Gasteiger partial charge in [-0.15, -0.1) is 10.2 Å². The number of amides is 1. The smallest absolute Gasteiger partial charge is 0.258 e.